The summed E-state index contributed by atoms with van der Waals surface area (Å²) in [4.78, 5) is 0. The molecule has 0 amide bonds. The molecule has 20 heavy (non-hydrogen) atoms. The van der Waals surface area contributed by atoms with E-state index in [-0.39, 0.29) is 0 Å². The molecule has 0 aromatic heterocycles. The normalized spacial score (nSPS) is 12.2. The molecule has 2 heteroatoms. The van der Waals surface area contributed by atoms with E-state index in [2.05, 4.69) is 55.6 Å². The van der Waals surface area contributed by atoms with Gasteiger partial charge >= 0.3 is 0 Å². The van der Waals surface area contributed by atoms with Crippen LogP contribution in [-0.2, 0) is 6.42 Å². The Morgan fingerprint density at radius 1 is 1.05 bits per heavy atom. The molecular weight excluding hydrogens is 246 g/mol. The zero-order valence-corrected chi connectivity index (χ0v) is 12.5. The first-order valence-electron chi connectivity index (χ1n) is 7.17. The second-order valence-corrected chi connectivity index (χ2v) is 4.98. The van der Waals surface area contributed by atoms with Crippen molar-refractivity contribution in [3.05, 3.63) is 65.2 Å². The van der Waals surface area contributed by atoms with Crippen molar-refractivity contribution in [2.75, 3.05) is 13.7 Å². The second-order valence-electron chi connectivity index (χ2n) is 4.98. The number of nitrogens with one attached hydrogen (secondary N) is 1. The van der Waals surface area contributed by atoms with Gasteiger partial charge in [-0.25, -0.2) is 0 Å². The standard InChI is InChI=1S/C18H23NO/c1-4-19-17(16-11-7-5-9-14(16)2)13-15-10-6-8-12-18(15)20-3/h5-12,17,19H,4,13H2,1-3H3. The first-order valence-corrected chi connectivity index (χ1v) is 7.17. The maximum atomic E-state index is 5.46. The fourth-order valence-electron chi connectivity index (χ4n) is 2.61. The predicted molar refractivity (Wildman–Crippen MR) is 84.3 cm³/mol. The van der Waals surface area contributed by atoms with E-state index >= 15 is 0 Å². The summed E-state index contributed by atoms with van der Waals surface area (Å²) in [5.74, 6) is 0.962. The number of rotatable bonds is 6. The van der Waals surface area contributed by atoms with Gasteiger partial charge in [0.15, 0.2) is 0 Å². The van der Waals surface area contributed by atoms with Crippen LogP contribution in [-0.4, -0.2) is 13.7 Å². The number of hydrogen-bond acceptors (Lipinski definition) is 2. The summed E-state index contributed by atoms with van der Waals surface area (Å²) >= 11 is 0. The van der Waals surface area contributed by atoms with Gasteiger partial charge < -0.3 is 10.1 Å². The topological polar surface area (TPSA) is 21.3 Å². The largest absolute Gasteiger partial charge is 0.496 e. The number of para-hydroxylation sites is 1. The molecule has 2 aromatic rings. The summed E-state index contributed by atoms with van der Waals surface area (Å²) in [6.07, 6.45) is 0.933. The molecule has 1 N–H and O–H groups in total. The number of ether oxygens (including phenoxy) is 1. The molecule has 0 spiro atoms. The summed E-state index contributed by atoms with van der Waals surface area (Å²) in [5, 5.41) is 3.58. The van der Waals surface area contributed by atoms with Gasteiger partial charge in [0.1, 0.15) is 5.75 Å². The van der Waals surface area contributed by atoms with E-state index in [1.807, 2.05) is 12.1 Å². The lowest BCUT2D eigenvalue weighted by molar-refractivity contribution is 0.405. The van der Waals surface area contributed by atoms with Gasteiger partial charge in [0, 0.05) is 6.04 Å². The SMILES string of the molecule is CCNC(Cc1ccccc1OC)c1ccccc1C. The molecule has 0 saturated carbocycles. The molecule has 0 aliphatic heterocycles. The molecule has 0 radical (unpaired) electrons. The second kappa shape index (κ2) is 7.11. The monoisotopic (exact) mass is 269 g/mol. The summed E-state index contributed by atoms with van der Waals surface area (Å²) < 4.78 is 5.46. The minimum Gasteiger partial charge on any atom is -0.496 e. The lowest BCUT2D eigenvalue weighted by Crippen LogP contribution is -2.23. The Kier molecular flexibility index (Phi) is 5.19. The van der Waals surface area contributed by atoms with E-state index in [0.717, 1.165) is 18.7 Å². The van der Waals surface area contributed by atoms with Crippen LogP contribution < -0.4 is 10.1 Å². The molecule has 0 aliphatic carbocycles. The summed E-state index contributed by atoms with van der Waals surface area (Å²) in [5.41, 5.74) is 3.93. The third-order valence-corrected chi connectivity index (χ3v) is 3.63. The fourth-order valence-corrected chi connectivity index (χ4v) is 2.61. The number of methoxy groups -OCH3 is 1. The Labute approximate surface area is 121 Å². The molecule has 0 saturated heterocycles. The number of hydrogen-bond donors (Lipinski definition) is 1. The van der Waals surface area contributed by atoms with Crippen molar-refractivity contribution in [1.82, 2.24) is 5.32 Å². The smallest absolute Gasteiger partial charge is 0.122 e. The maximum absolute atomic E-state index is 5.46. The van der Waals surface area contributed by atoms with Gasteiger partial charge in [0.2, 0.25) is 0 Å². The average Bonchev–Trinajstić information content (AvgIpc) is 2.48. The van der Waals surface area contributed by atoms with Crippen molar-refractivity contribution < 1.29 is 4.74 Å². The van der Waals surface area contributed by atoms with Crippen LogP contribution in [0.2, 0.25) is 0 Å². The van der Waals surface area contributed by atoms with E-state index in [0.29, 0.717) is 6.04 Å². The van der Waals surface area contributed by atoms with Gasteiger partial charge in [0.25, 0.3) is 0 Å². The first kappa shape index (κ1) is 14.6. The Morgan fingerprint density at radius 3 is 2.45 bits per heavy atom. The minimum atomic E-state index is 0.317. The average molecular weight is 269 g/mol. The highest BCUT2D eigenvalue weighted by atomic mass is 16.5. The highest BCUT2D eigenvalue weighted by Crippen LogP contribution is 2.26. The van der Waals surface area contributed by atoms with Crippen molar-refractivity contribution in [2.24, 2.45) is 0 Å². The zero-order valence-electron chi connectivity index (χ0n) is 12.5. The van der Waals surface area contributed by atoms with Crippen LogP contribution in [0.3, 0.4) is 0 Å². The molecule has 1 unspecified atom stereocenters. The molecule has 2 aromatic carbocycles. The van der Waals surface area contributed by atoms with Gasteiger partial charge in [-0.05, 0) is 42.6 Å². The Balaban J connectivity index is 2.28. The molecule has 106 valence electrons. The van der Waals surface area contributed by atoms with Crippen LogP contribution in [0.4, 0.5) is 0 Å². The third-order valence-electron chi connectivity index (χ3n) is 3.63. The summed E-state index contributed by atoms with van der Waals surface area (Å²) in [7, 11) is 1.73. The van der Waals surface area contributed by atoms with E-state index in [1.54, 1.807) is 7.11 Å². The lowest BCUT2D eigenvalue weighted by Gasteiger charge is -2.21. The molecule has 2 nitrogen and oxygen atoms in total. The number of likely N-dealkylation sites (N-methyl/N-ethyl adjacent to an activating group) is 1. The first-order chi connectivity index (χ1) is 9.76. The number of aryl methyl sites for hydroxylation is 1. The Morgan fingerprint density at radius 2 is 1.75 bits per heavy atom. The predicted octanol–water partition coefficient (Wildman–Crippen LogP) is 3.90. The van der Waals surface area contributed by atoms with Gasteiger partial charge in [-0.1, -0.05) is 49.4 Å². The minimum absolute atomic E-state index is 0.317. The number of benzene rings is 2. The zero-order chi connectivity index (χ0) is 14.4. The van der Waals surface area contributed by atoms with Crippen molar-refractivity contribution in [3.63, 3.8) is 0 Å². The quantitative estimate of drug-likeness (QED) is 0.859. The van der Waals surface area contributed by atoms with E-state index in [1.165, 1.54) is 16.7 Å². The van der Waals surface area contributed by atoms with Crippen LogP contribution in [0.25, 0.3) is 0 Å². The molecule has 0 fully saturated rings. The Hall–Kier alpha value is -1.80. The summed E-state index contributed by atoms with van der Waals surface area (Å²) in [6, 6.07) is 17.1. The van der Waals surface area contributed by atoms with Crippen LogP contribution in [0.15, 0.2) is 48.5 Å². The van der Waals surface area contributed by atoms with Crippen molar-refractivity contribution >= 4 is 0 Å². The van der Waals surface area contributed by atoms with Crippen LogP contribution in [0.1, 0.15) is 29.7 Å². The van der Waals surface area contributed by atoms with Crippen LogP contribution in [0, 0.1) is 6.92 Å². The third kappa shape index (κ3) is 3.40. The summed E-state index contributed by atoms with van der Waals surface area (Å²) in [6.45, 7) is 5.27. The van der Waals surface area contributed by atoms with Gasteiger partial charge in [-0.15, -0.1) is 0 Å². The molecule has 0 heterocycles. The van der Waals surface area contributed by atoms with Crippen LogP contribution in [0.5, 0.6) is 5.75 Å². The molecular formula is C18H23NO. The van der Waals surface area contributed by atoms with E-state index in [4.69, 9.17) is 4.74 Å². The van der Waals surface area contributed by atoms with Crippen molar-refractivity contribution in [3.8, 4) is 5.75 Å². The van der Waals surface area contributed by atoms with Gasteiger partial charge in [-0.3, -0.25) is 0 Å². The highest BCUT2D eigenvalue weighted by molar-refractivity contribution is 5.36. The van der Waals surface area contributed by atoms with Gasteiger partial charge in [0.05, 0.1) is 7.11 Å². The van der Waals surface area contributed by atoms with Crippen LogP contribution >= 0.6 is 0 Å². The molecule has 2 rings (SSSR count). The van der Waals surface area contributed by atoms with Gasteiger partial charge in [-0.2, -0.15) is 0 Å². The maximum Gasteiger partial charge on any atom is 0.122 e. The van der Waals surface area contributed by atoms with E-state index < -0.39 is 0 Å². The van der Waals surface area contributed by atoms with Crippen molar-refractivity contribution in [1.29, 1.82) is 0 Å². The highest BCUT2D eigenvalue weighted by Gasteiger charge is 2.15. The molecule has 0 aliphatic rings. The Bertz CT molecular complexity index is 551. The molecule has 1 atom stereocenters. The lowest BCUT2D eigenvalue weighted by atomic mass is 9.95. The van der Waals surface area contributed by atoms with Crippen molar-refractivity contribution in [2.45, 2.75) is 26.3 Å². The fraction of sp³-hybridized carbons (Fsp3) is 0.333. The van der Waals surface area contributed by atoms with E-state index in [9.17, 15) is 0 Å². The molecule has 0 bridgehead atoms.